The number of nitrogens with two attached hydrogens (primary N) is 1. The van der Waals surface area contributed by atoms with Gasteiger partial charge in [0.1, 0.15) is 11.9 Å². The summed E-state index contributed by atoms with van der Waals surface area (Å²) in [6, 6.07) is 3.45. The molecule has 114 valence electrons. The van der Waals surface area contributed by atoms with E-state index in [1.807, 2.05) is 0 Å². The molecule has 0 radical (unpaired) electrons. The standard InChI is InChI=1S/C14H19ClN4O2/c15-10-3-4-13(16)18-11(10)7-19-5-6-21-8-12(19)14(20)17-9-1-2-9/h3-4,9,12H,1-2,5-8H2,(H2,16,18)(H,17,20). The Morgan fingerprint density at radius 3 is 3.10 bits per heavy atom. The first-order valence-electron chi connectivity index (χ1n) is 7.16. The number of hydrogen-bond donors (Lipinski definition) is 2. The first-order chi connectivity index (χ1) is 10.1. The molecule has 1 saturated carbocycles. The number of nitrogen functional groups attached to an aromatic ring is 1. The molecule has 2 fully saturated rings. The molecule has 1 aliphatic carbocycles. The molecule has 1 aromatic heterocycles. The van der Waals surface area contributed by atoms with Gasteiger partial charge in [-0.15, -0.1) is 0 Å². The van der Waals surface area contributed by atoms with Crippen molar-refractivity contribution in [1.29, 1.82) is 0 Å². The van der Waals surface area contributed by atoms with E-state index in [1.165, 1.54) is 0 Å². The average molecular weight is 311 g/mol. The monoisotopic (exact) mass is 310 g/mol. The van der Waals surface area contributed by atoms with Gasteiger partial charge in [0.05, 0.1) is 23.9 Å². The molecular weight excluding hydrogens is 292 g/mol. The number of nitrogens with one attached hydrogen (secondary N) is 1. The van der Waals surface area contributed by atoms with Gasteiger partial charge in [0.25, 0.3) is 0 Å². The normalized spacial score (nSPS) is 23.0. The number of carbonyl (C=O) groups excluding carboxylic acids is 1. The molecule has 3 N–H and O–H groups in total. The van der Waals surface area contributed by atoms with Crippen LogP contribution in [0.3, 0.4) is 0 Å². The second kappa shape index (κ2) is 6.17. The number of aromatic nitrogens is 1. The van der Waals surface area contributed by atoms with Crippen LogP contribution >= 0.6 is 11.6 Å². The molecule has 7 heteroatoms. The Balaban J connectivity index is 1.71. The molecule has 0 spiro atoms. The lowest BCUT2D eigenvalue weighted by atomic mass is 10.2. The molecule has 2 aliphatic rings. The Hall–Kier alpha value is -1.37. The van der Waals surface area contributed by atoms with E-state index in [9.17, 15) is 4.79 Å². The lowest BCUT2D eigenvalue weighted by Crippen LogP contribution is -2.53. The van der Waals surface area contributed by atoms with Crippen molar-refractivity contribution >= 4 is 23.3 Å². The van der Waals surface area contributed by atoms with Gasteiger partial charge in [0.15, 0.2) is 0 Å². The van der Waals surface area contributed by atoms with Crippen molar-refractivity contribution in [2.45, 2.75) is 31.5 Å². The number of morpholine rings is 1. The maximum Gasteiger partial charge on any atom is 0.239 e. The lowest BCUT2D eigenvalue weighted by molar-refractivity contribution is -0.133. The zero-order valence-corrected chi connectivity index (χ0v) is 12.5. The van der Waals surface area contributed by atoms with E-state index < -0.39 is 0 Å². The number of nitrogens with zero attached hydrogens (tertiary/aromatic N) is 2. The highest BCUT2D eigenvalue weighted by atomic mass is 35.5. The van der Waals surface area contributed by atoms with Gasteiger partial charge in [-0.2, -0.15) is 0 Å². The number of halogens is 1. The molecule has 1 aliphatic heterocycles. The van der Waals surface area contributed by atoms with Gasteiger partial charge in [-0.25, -0.2) is 4.98 Å². The summed E-state index contributed by atoms with van der Waals surface area (Å²) in [5.74, 6) is 0.457. The van der Waals surface area contributed by atoms with Crippen LogP contribution < -0.4 is 11.1 Å². The Bertz CT molecular complexity index is 536. The van der Waals surface area contributed by atoms with E-state index >= 15 is 0 Å². The van der Waals surface area contributed by atoms with Gasteiger partial charge < -0.3 is 15.8 Å². The third-order valence-corrected chi connectivity index (χ3v) is 4.10. The molecule has 1 saturated heterocycles. The minimum atomic E-state index is -0.293. The molecule has 0 bridgehead atoms. The Morgan fingerprint density at radius 2 is 2.33 bits per heavy atom. The Labute approximate surface area is 128 Å². The quantitative estimate of drug-likeness (QED) is 0.859. The van der Waals surface area contributed by atoms with Crippen LogP contribution in [0, 0.1) is 0 Å². The predicted molar refractivity (Wildman–Crippen MR) is 79.8 cm³/mol. The zero-order chi connectivity index (χ0) is 14.8. The third-order valence-electron chi connectivity index (χ3n) is 3.76. The van der Waals surface area contributed by atoms with Crippen LogP contribution in [-0.4, -0.2) is 47.6 Å². The Morgan fingerprint density at radius 1 is 1.52 bits per heavy atom. The van der Waals surface area contributed by atoms with Crippen molar-refractivity contribution in [1.82, 2.24) is 15.2 Å². The molecule has 3 rings (SSSR count). The van der Waals surface area contributed by atoms with Crippen LogP contribution in [0.4, 0.5) is 5.82 Å². The number of hydrogen-bond acceptors (Lipinski definition) is 5. The molecule has 1 unspecified atom stereocenters. The topological polar surface area (TPSA) is 80.5 Å². The first kappa shape index (κ1) is 14.6. The van der Waals surface area contributed by atoms with Gasteiger partial charge in [0, 0.05) is 19.1 Å². The van der Waals surface area contributed by atoms with Gasteiger partial charge in [0.2, 0.25) is 5.91 Å². The third kappa shape index (κ3) is 3.64. The fourth-order valence-corrected chi connectivity index (χ4v) is 2.56. The van der Waals surface area contributed by atoms with Crippen LogP contribution in [-0.2, 0) is 16.1 Å². The number of anilines is 1. The molecule has 1 amide bonds. The first-order valence-corrected chi connectivity index (χ1v) is 7.54. The molecule has 6 nitrogen and oxygen atoms in total. The van der Waals surface area contributed by atoms with Crippen molar-refractivity contribution in [3.8, 4) is 0 Å². The van der Waals surface area contributed by atoms with Gasteiger partial charge in [-0.3, -0.25) is 9.69 Å². The molecule has 21 heavy (non-hydrogen) atoms. The van der Waals surface area contributed by atoms with Gasteiger partial charge in [-0.1, -0.05) is 11.6 Å². The van der Waals surface area contributed by atoms with Crippen LogP contribution in [0.1, 0.15) is 18.5 Å². The summed E-state index contributed by atoms with van der Waals surface area (Å²) < 4.78 is 5.45. The smallest absolute Gasteiger partial charge is 0.239 e. The number of amides is 1. The predicted octanol–water partition coefficient (Wildman–Crippen LogP) is 0.797. The SMILES string of the molecule is Nc1ccc(Cl)c(CN2CCOCC2C(=O)NC2CC2)n1. The second-order valence-electron chi connectivity index (χ2n) is 5.51. The van der Waals surface area contributed by atoms with Gasteiger partial charge >= 0.3 is 0 Å². The van der Waals surface area contributed by atoms with E-state index in [2.05, 4.69) is 15.2 Å². The average Bonchev–Trinajstić information content (AvgIpc) is 3.27. The second-order valence-corrected chi connectivity index (χ2v) is 5.92. The minimum absolute atomic E-state index is 0.0252. The largest absolute Gasteiger partial charge is 0.384 e. The van der Waals surface area contributed by atoms with Crippen LogP contribution in [0.25, 0.3) is 0 Å². The van der Waals surface area contributed by atoms with Crippen molar-refractivity contribution in [3.63, 3.8) is 0 Å². The highest BCUT2D eigenvalue weighted by molar-refractivity contribution is 6.31. The molecule has 0 aromatic carbocycles. The number of pyridine rings is 1. The molecule has 1 aromatic rings. The zero-order valence-electron chi connectivity index (χ0n) is 11.7. The molecular formula is C14H19ClN4O2. The maximum absolute atomic E-state index is 12.3. The van der Waals surface area contributed by atoms with E-state index in [4.69, 9.17) is 22.1 Å². The summed E-state index contributed by atoms with van der Waals surface area (Å²) in [7, 11) is 0. The van der Waals surface area contributed by atoms with Crippen molar-refractivity contribution < 1.29 is 9.53 Å². The maximum atomic E-state index is 12.3. The summed E-state index contributed by atoms with van der Waals surface area (Å²) in [5.41, 5.74) is 6.41. The summed E-state index contributed by atoms with van der Waals surface area (Å²) in [4.78, 5) is 18.6. The lowest BCUT2D eigenvalue weighted by Gasteiger charge is -2.34. The fourth-order valence-electron chi connectivity index (χ4n) is 2.40. The highest BCUT2D eigenvalue weighted by Gasteiger charge is 2.33. The van der Waals surface area contributed by atoms with E-state index in [1.54, 1.807) is 12.1 Å². The fraction of sp³-hybridized carbons (Fsp3) is 0.571. The summed E-state index contributed by atoms with van der Waals surface area (Å²) in [5, 5.41) is 3.59. The molecule has 1 atom stereocenters. The van der Waals surface area contributed by atoms with E-state index in [0.717, 1.165) is 12.8 Å². The molecule has 2 heterocycles. The van der Waals surface area contributed by atoms with E-state index in [0.29, 0.717) is 48.9 Å². The number of rotatable bonds is 4. The minimum Gasteiger partial charge on any atom is -0.384 e. The van der Waals surface area contributed by atoms with Crippen molar-refractivity contribution in [2.24, 2.45) is 0 Å². The summed E-state index contributed by atoms with van der Waals surface area (Å²) in [6.45, 7) is 2.18. The van der Waals surface area contributed by atoms with E-state index in [-0.39, 0.29) is 11.9 Å². The van der Waals surface area contributed by atoms with Crippen molar-refractivity contribution in [3.05, 3.63) is 22.8 Å². The van der Waals surface area contributed by atoms with Crippen LogP contribution in [0.2, 0.25) is 5.02 Å². The Kier molecular flexibility index (Phi) is 4.28. The highest BCUT2D eigenvalue weighted by Crippen LogP contribution is 2.22. The number of carbonyl (C=O) groups is 1. The van der Waals surface area contributed by atoms with Crippen LogP contribution in [0.5, 0.6) is 0 Å². The van der Waals surface area contributed by atoms with Crippen LogP contribution in [0.15, 0.2) is 12.1 Å². The summed E-state index contributed by atoms with van der Waals surface area (Å²) >= 11 is 6.16. The number of ether oxygens (including phenoxy) is 1. The van der Waals surface area contributed by atoms with Crippen molar-refractivity contribution in [2.75, 3.05) is 25.5 Å². The van der Waals surface area contributed by atoms with Gasteiger partial charge in [-0.05, 0) is 25.0 Å². The summed E-state index contributed by atoms with van der Waals surface area (Å²) in [6.07, 6.45) is 2.14.